The summed E-state index contributed by atoms with van der Waals surface area (Å²) in [4.78, 5) is 31.4. The molecule has 0 saturated heterocycles. The summed E-state index contributed by atoms with van der Waals surface area (Å²) in [7, 11) is 0. The van der Waals surface area contributed by atoms with E-state index in [1.54, 1.807) is 47.2 Å². The number of fused-ring (bicyclic) bond motifs is 1. The zero-order valence-corrected chi connectivity index (χ0v) is 13.2. The van der Waals surface area contributed by atoms with Crippen molar-refractivity contribution < 1.29 is 14.7 Å². The van der Waals surface area contributed by atoms with Crippen LogP contribution in [0.1, 0.15) is 0 Å². The number of hydrogen-bond acceptors (Lipinski definition) is 4. The second kappa shape index (κ2) is 8.88. The molecule has 2 N–H and O–H groups in total. The Hall–Kier alpha value is -1.29. The van der Waals surface area contributed by atoms with Gasteiger partial charge in [0.15, 0.2) is 5.65 Å². The number of carboxylic acids is 1. The molecule has 3 rings (SSSR count). The Labute approximate surface area is 190 Å². The minimum atomic E-state index is -1.10. The third-order valence-corrected chi connectivity index (χ3v) is 3.60. The van der Waals surface area contributed by atoms with Gasteiger partial charge in [-0.25, -0.2) is 9.97 Å². The maximum atomic E-state index is 12.0. The number of rotatable bonds is 5. The van der Waals surface area contributed by atoms with Gasteiger partial charge in [-0.3, -0.25) is 14.2 Å². The number of nitrogens with one attached hydrogen (secondary N) is 1. The summed E-state index contributed by atoms with van der Waals surface area (Å²) in [5.74, 6) is -0.974. The summed E-state index contributed by atoms with van der Waals surface area (Å²) in [5, 5.41) is 11.6. The molecule has 0 radical (unpaired) electrons. The normalized spacial score (nSPS) is 10.3. The van der Waals surface area contributed by atoms with Crippen molar-refractivity contribution in [2.75, 3.05) is 6.54 Å². The number of benzene rings is 1. The van der Waals surface area contributed by atoms with Crippen LogP contribution in [0.15, 0.2) is 42.6 Å². The Morgan fingerprint density at radius 1 is 1.20 bits per heavy atom. The van der Waals surface area contributed by atoms with E-state index in [0.717, 1.165) is 5.56 Å². The number of carbonyl (C=O) groups excluding carboxylic acids is 1. The van der Waals surface area contributed by atoms with Crippen LogP contribution in [0.25, 0.3) is 22.6 Å². The van der Waals surface area contributed by atoms with E-state index < -0.39 is 18.4 Å². The molecule has 9 heteroatoms. The Morgan fingerprint density at radius 2 is 1.92 bits per heavy atom. The van der Waals surface area contributed by atoms with Crippen molar-refractivity contribution in [3.63, 3.8) is 0 Å². The maximum absolute atomic E-state index is 12.0. The van der Waals surface area contributed by atoms with Crippen molar-refractivity contribution in [2.45, 2.75) is 6.54 Å². The number of pyridine rings is 1. The zero-order valence-electron chi connectivity index (χ0n) is 12.4. The molecular formula is C16H14ClKN4O3. The van der Waals surface area contributed by atoms with Crippen molar-refractivity contribution in [1.29, 1.82) is 0 Å². The van der Waals surface area contributed by atoms with Gasteiger partial charge in [-0.05, 0) is 36.4 Å². The van der Waals surface area contributed by atoms with Gasteiger partial charge in [-0.15, -0.1) is 0 Å². The molecule has 0 bridgehead atoms. The molecule has 1 aromatic carbocycles. The number of aromatic nitrogens is 3. The molecule has 2 aromatic heterocycles. The molecule has 0 saturated carbocycles. The van der Waals surface area contributed by atoms with E-state index >= 15 is 0 Å². The van der Waals surface area contributed by atoms with E-state index in [1.165, 1.54) is 0 Å². The number of hydrogen-bond donors (Lipinski definition) is 2. The third-order valence-electron chi connectivity index (χ3n) is 3.34. The molecule has 0 aliphatic rings. The van der Waals surface area contributed by atoms with Gasteiger partial charge in [0.25, 0.3) is 0 Å². The van der Waals surface area contributed by atoms with Crippen molar-refractivity contribution >= 4 is 86.0 Å². The van der Waals surface area contributed by atoms with Gasteiger partial charge >= 0.3 is 57.4 Å². The molecule has 124 valence electrons. The Balaban J connectivity index is 0.00000225. The van der Waals surface area contributed by atoms with E-state index in [1.807, 2.05) is 0 Å². The summed E-state index contributed by atoms with van der Waals surface area (Å²) in [5.41, 5.74) is 1.98. The molecule has 0 aliphatic heterocycles. The van der Waals surface area contributed by atoms with Crippen LogP contribution in [0.5, 0.6) is 0 Å². The van der Waals surface area contributed by atoms with Gasteiger partial charge in [-0.1, -0.05) is 11.6 Å². The number of nitrogens with zero attached hydrogens (tertiary/aromatic N) is 3. The van der Waals surface area contributed by atoms with E-state index in [4.69, 9.17) is 16.7 Å². The van der Waals surface area contributed by atoms with E-state index in [9.17, 15) is 9.59 Å². The molecule has 0 spiro atoms. The molecule has 3 aromatic rings. The molecule has 0 atom stereocenters. The Bertz CT molecular complexity index is 911. The second-order valence-corrected chi connectivity index (χ2v) is 5.48. The van der Waals surface area contributed by atoms with Crippen LogP contribution in [0, 0.1) is 0 Å². The summed E-state index contributed by atoms with van der Waals surface area (Å²) >= 11 is 5.91. The summed E-state index contributed by atoms with van der Waals surface area (Å²) < 4.78 is 1.65. The fourth-order valence-corrected chi connectivity index (χ4v) is 2.43. The number of carboxylic acid groups (broad SMARTS) is 1. The van der Waals surface area contributed by atoms with Crippen LogP contribution in [0.3, 0.4) is 0 Å². The third kappa shape index (κ3) is 4.87. The fraction of sp³-hybridized carbons (Fsp3) is 0.125. The van der Waals surface area contributed by atoms with Crippen molar-refractivity contribution in [3.05, 3.63) is 47.6 Å². The summed E-state index contributed by atoms with van der Waals surface area (Å²) in [6.45, 7) is -0.520. The van der Waals surface area contributed by atoms with E-state index in [0.29, 0.717) is 22.0 Å². The first-order valence-electron chi connectivity index (χ1n) is 7.10. The van der Waals surface area contributed by atoms with E-state index in [-0.39, 0.29) is 57.9 Å². The van der Waals surface area contributed by atoms with Crippen LogP contribution < -0.4 is 5.32 Å². The average molecular weight is 385 g/mol. The van der Waals surface area contributed by atoms with Crippen LogP contribution in [-0.2, 0) is 16.1 Å². The molecule has 0 aliphatic carbocycles. The zero-order chi connectivity index (χ0) is 17.1. The predicted octanol–water partition coefficient (Wildman–Crippen LogP) is 1.30. The quantitative estimate of drug-likeness (QED) is 0.646. The Morgan fingerprint density at radius 3 is 2.60 bits per heavy atom. The number of amides is 1. The van der Waals surface area contributed by atoms with Crippen molar-refractivity contribution in [3.8, 4) is 11.4 Å². The van der Waals surface area contributed by atoms with E-state index in [2.05, 4.69) is 15.3 Å². The first-order chi connectivity index (χ1) is 11.5. The van der Waals surface area contributed by atoms with Gasteiger partial charge in [0.2, 0.25) is 5.91 Å². The molecular weight excluding hydrogens is 371 g/mol. The first kappa shape index (κ1) is 20.0. The molecule has 1 amide bonds. The van der Waals surface area contributed by atoms with Gasteiger partial charge in [0.1, 0.15) is 24.4 Å². The van der Waals surface area contributed by atoms with Crippen molar-refractivity contribution in [1.82, 2.24) is 19.9 Å². The molecule has 0 fully saturated rings. The fourth-order valence-electron chi connectivity index (χ4n) is 2.30. The molecule has 7 nitrogen and oxygen atoms in total. The Kier molecular flexibility index (Phi) is 7.11. The number of imidazole rings is 1. The summed E-state index contributed by atoms with van der Waals surface area (Å²) in [6, 6.07) is 10.6. The minimum absolute atomic E-state index is 0. The van der Waals surface area contributed by atoms with Gasteiger partial charge < -0.3 is 10.4 Å². The van der Waals surface area contributed by atoms with Gasteiger partial charge in [0.05, 0.1) is 0 Å². The molecule has 0 unspecified atom stereocenters. The summed E-state index contributed by atoms with van der Waals surface area (Å²) in [6.07, 6.45) is 1.61. The topological polar surface area (TPSA) is 97.1 Å². The first-order valence-corrected chi connectivity index (χ1v) is 7.48. The SMILES string of the molecule is O=C(O)CNC(=O)Cn1c(-c2ccc(Cl)cc2)nc2cccnc21.[KH]. The number of carbonyl (C=O) groups is 2. The van der Waals surface area contributed by atoms with Gasteiger partial charge in [-0.2, -0.15) is 0 Å². The van der Waals surface area contributed by atoms with Crippen LogP contribution in [-0.4, -0.2) is 89.4 Å². The van der Waals surface area contributed by atoms with Crippen LogP contribution in [0.4, 0.5) is 0 Å². The number of aliphatic carboxylic acids is 1. The molecule has 2 heterocycles. The number of halogens is 1. The van der Waals surface area contributed by atoms with Crippen LogP contribution >= 0.6 is 11.6 Å². The second-order valence-electron chi connectivity index (χ2n) is 5.05. The molecule has 25 heavy (non-hydrogen) atoms. The average Bonchev–Trinajstić information content (AvgIpc) is 2.92. The predicted molar refractivity (Wildman–Crippen MR) is 95.8 cm³/mol. The van der Waals surface area contributed by atoms with Crippen molar-refractivity contribution in [2.24, 2.45) is 0 Å². The monoisotopic (exact) mass is 384 g/mol. The van der Waals surface area contributed by atoms with Gasteiger partial charge in [0, 0.05) is 16.8 Å². The van der Waals surface area contributed by atoms with Crippen LogP contribution in [0.2, 0.25) is 5.02 Å². The standard InChI is InChI=1S/C16H13ClN4O3.K.H/c17-11-5-3-10(4-6-11)15-20-12-2-1-7-18-16(12)21(15)9-13(22)19-8-14(23)24;;/h1-7H,8-9H2,(H,19,22)(H,23,24);;.